The van der Waals surface area contributed by atoms with Crippen LogP contribution in [0.25, 0.3) is 0 Å². The number of benzene rings is 2. The Hall–Kier alpha value is -3.62. The minimum atomic E-state index is -1.51. The molecule has 1 fully saturated rings. The van der Waals surface area contributed by atoms with E-state index in [1.54, 1.807) is 12.1 Å². The number of aromatic nitrogens is 1. The Morgan fingerprint density at radius 1 is 0.889 bits per heavy atom. The van der Waals surface area contributed by atoms with E-state index in [4.69, 9.17) is 21.1 Å². The lowest BCUT2D eigenvalue weighted by molar-refractivity contribution is -0.225. The van der Waals surface area contributed by atoms with Crippen molar-refractivity contribution in [3.05, 3.63) is 88.1 Å². The molecule has 36 heavy (non-hydrogen) atoms. The standard InChI is InChI=1S/C27H27ClN4O4/c28-22-8-7-21-20(12-13-29-17-27(21)35-24(33)10-11-25(34)36-27)26(22)32-16-19-6-9-23(31-15-19)30-14-18-4-2-1-3-5-18/h1-9,15,29,32H,10-14,16-17H2,(H,30,31). The topological polar surface area (TPSA) is 102 Å². The lowest BCUT2D eigenvalue weighted by Crippen LogP contribution is -2.43. The summed E-state index contributed by atoms with van der Waals surface area (Å²) in [6, 6.07) is 17.6. The van der Waals surface area contributed by atoms with Crippen molar-refractivity contribution >= 4 is 35.0 Å². The van der Waals surface area contributed by atoms with E-state index in [9.17, 15) is 9.59 Å². The van der Waals surface area contributed by atoms with Gasteiger partial charge in [0.2, 0.25) is 0 Å². The average molecular weight is 507 g/mol. The first-order valence-electron chi connectivity index (χ1n) is 12.0. The Bertz CT molecular complexity index is 1230. The largest absolute Gasteiger partial charge is 0.416 e. The molecule has 2 aromatic carbocycles. The van der Waals surface area contributed by atoms with Crippen LogP contribution in [0, 0.1) is 0 Å². The van der Waals surface area contributed by atoms with Crippen molar-refractivity contribution in [1.29, 1.82) is 0 Å². The quantitative estimate of drug-likeness (QED) is 0.429. The normalized spacial score (nSPS) is 16.8. The Labute approximate surface area is 214 Å². The second kappa shape index (κ2) is 10.6. The molecule has 3 heterocycles. The van der Waals surface area contributed by atoms with Gasteiger partial charge in [-0.2, -0.15) is 0 Å². The van der Waals surface area contributed by atoms with Gasteiger partial charge in [-0.05, 0) is 47.9 Å². The van der Waals surface area contributed by atoms with Crippen LogP contribution in [0.15, 0.2) is 60.8 Å². The van der Waals surface area contributed by atoms with Gasteiger partial charge in [0.1, 0.15) is 5.82 Å². The molecule has 0 atom stereocenters. The predicted octanol–water partition coefficient (Wildman–Crippen LogP) is 4.14. The molecule has 1 spiro atoms. The highest BCUT2D eigenvalue weighted by molar-refractivity contribution is 6.33. The van der Waals surface area contributed by atoms with Crippen LogP contribution in [0.5, 0.6) is 0 Å². The molecule has 3 aromatic rings. The zero-order chi connectivity index (χ0) is 25.0. The van der Waals surface area contributed by atoms with Crippen molar-refractivity contribution < 1.29 is 19.1 Å². The summed E-state index contributed by atoms with van der Waals surface area (Å²) in [4.78, 5) is 29.1. The van der Waals surface area contributed by atoms with E-state index in [-0.39, 0.29) is 19.4 Å². The van der Waals surface area contributed by atoms with Crippen LogP contribution < -0.4 is 16.0 Å². The van der Waals surface area contributed by atoms with Gasteiger partial charge in [-0.25, -0.2) is 4.98 Å². The van der Waals surface area contributed by atoms with E-state index in [1.165, 1.54) is 5.56 Å². The number of nitrogens with zero attached hydrogens (tertiary/aromatic N) is 1. The number of hydrogen-bond acceptors (Lipinski definition) is 8. The number of nitrogens with one attached hydrogen (secondary N) is 3. The molecule has 1 aromatic heterocycles. The van der Waals surface area contributed by atoms with Crippen molar-refractivity contribution in [2.24, 2.45) is 0 Å². The van der Waals surface area contributed by atoms with E-state index in [1.807, 2.05) is 36.5 Å². The van der Waals surface area contributed by atoms with Crippen LogP contribution in [0.1, 0.15) is 35.1 Å². The fourth-order valence-electron chi connectivity index (χ4n) is 4.48. The van der Waals surface area contributed by atoms with Gasteiger partial charge in [-0.3, -0.25) is 9.59 Å². The second-order valence-corrected chi connectivity index (χ2v) is 9.23. The minimum absolute atomic E-state index is 0.00217. The van der Waals surface area contributed by atoms with Crippen molar-refractivity contribution in [1.82, 2.24) is 10.3 Å². The molecule has 9 heteroatoms. The highest BCUT2D eigenvalue weighted by Crippen LogP contribution is 2.40. The van der Waals surface area contributed by atoms with E-state index in [0.29, 0.717) is 36.6 Å². The lowest BCUT2D eigenvalue weighted by Gasteiger charge is -2.32. The van der Waals surface area contributed by atoms with Crippen molar-refractivity contribution in [3.8, 4) is 0 Å². The van der Waals surface area contributed by atoms with Gasteiger partial charge in [-0.15, -0.1) is 0 Å². The van der Waals surface area contributed by atoms with Crippen molar-refractivity contribution in [2.45, 2.75) is 38.1 Å². The summed E-state index contributed by atoms with van der Waals surface area (Å²) in [6.07, 6.45) is 2.43. The van der Waals surface area contributed by atoms with Gasteiger partial charge in [0.05, 0.1) is 30.1 Å². The van der Waals surface area contributed by atoms with E-state index in [0.717, 1.165) is 22.6 Å². The molecule has 3 N–H and O–H groups in total. The Morgan fingerprint density at radius 2 is 1.64 bits per heavy atom. The van der Waals surface area contributed by atoms with Crippen molar-refractivity contribution in [2.75, 3.05) is 23.7 Å². The fraction of sp³-hybridized carbons (Fsp3) is 0.296. The molecule has 0 saturated carbocycles. The maximum Gasteiger partial charge on any atom is 0.309 e. The second-order valence-electron chi connectivity index (χ2n) is 8.82. The zero-order valence-electron chi connectivity index (χ0n) is 19.7. The summed E-state index contributed by atoms with van der Waals surface area (Å²) in [5.74, 6) is -1.65. The highest BCUT2D eigenvalue weighted by Gasteiger charge is 2.45. The third kappa shape index (κ3) is 5.29. The number of hydrogen-bond donors (Lipinski definition) is 3. The van der Waals surface area contributed by atoms with Gasteiger partial charge >= 0.3 is 11.9 Å². The maximum atomic E-state index is 12.3. The number of carbonyl (C=O) groups excluding carboxylic acids is 2. The lowest BCUT2D eigenvalue weighted by atomic mass is 9.96. The average Bonchev–Trinajstić information content (AvgIpc) is 3.15. The molecule has 0 radical (unpaired) electrons. The van der Waals surface area contributed by atoms with Crippen LogP contribution in [0.4, 0.5) is 11.5 Å². The van der Waals surface area contributed by atoms with Gasteiger partial charge in [0, 0.05) is 24.8 Å². The third-order valence-electron chi connectivity index (χ3n) is 6.28. The van der Waals surface area contributed by atoms with Gasteiger partial charge in [0.15, 0.2) is 0 Å². The molecule has 0 unspecified atom stereocenters. The molecule has 5 rings (SSSR count). The summed E-state index contributed by atoms with van der Waals surface area (Å²) < 4.78 is 11.4. The summed E-state index contributed by atoms with van der Waals surface area (Å²) in [5, 5.41) is 10.5. The zero-order valence-corrected chi connectivity index (χ0v) is 20.4. The Balaban J connectivity index is 1.34. The molecule has 1 saturated heterocycles. The first-order chi connectivity index (χ1) is 17.5. The van der Waals surface area contributed by atoms with Crippen LogP contribution in [-0.4, -0.2) is 30.0 Å². The van der Waals surface area contributed by atoms with E-state index < -0.39 is 17.7 Å². The molecule has 0 aliphatic carbocycles. The van der Waals surface area contributed by atoms with Gasteiger partial charge in [-0.1, -0.05) is 48.0 Å². The number of halogens is 1. The summed E-state index contributed by atoms with van der Waals surface area (Å²) in [5.41, 5.74) is 4.36. The van der Waals surface area contributed by atoms with Crippen LogP contribution >= 0.6 is 11.6 Å². The number of rotatable bonds is 6. The Kier molecular flexibility index (Phi) is 7.06. The number of ether oxygens (including phenoxy) is 2. The molecule has 186 valence electrons. The highest BCUT2D eigenvalue weighted by atomic mass is 35.5. The fourth-order valence-corrected chi connectivity index (χ4v) is 4.72. The molecule has 0 bridgehead atoms. The molecule has 2 aliphatic heterocycles. The van der Waals surface area contributed by atoms with Crippen molar-refractivity contribution in [3.63, 3.8) is 0 Å². The first-order valence-corrected chi connectivity index (χ1v) is 12.3. The smallest absolute Gasteiger partial charge is 0.309 e. The minimum Gasteiger partial charge on any atom is -0.416 e. The number of anilines is 2. The van der Waals surface area contributed by atoms with Crippen LogP contribution in [0.2, 0.25) is 5.02 Å². The predicted molar refractivity (Wildman–Crippen MR) is 136 cm³/mol. The molecule has 2 aliphatic rings. The van der Waals surface area contributed by atoms with E-state index >= 15 is 0 Å². The molecular formula is C27H27ClN4O4. The Morgan fingerprint density at radius 3 is 2.36 bits per heavy atom. The number of carbonyl (C=O) groups is 2. The van der Waals surface area contributed by atoms with Crippen LogP contribution in [-0.2, 0) is 44.4 Å². The van der Waals surface area contributed by atoms with Gasteiger partial charge < -0.3 is 25.4 Å². The monoisotopic (exact) mass is 506 g/mol. The number of esters is 2. The molecule has 0 amide bonds. The SMILES string of the molecule is O=C1CCC(=O)OC2(CNCCc3c2ccc(Cl)c3NCc2ccc(NCc3ccccc3)nc2)O1. The van der Waals surface area contributed by atoms with Crippen LogP contribution in [0.3, 0.4) is 0 Å². The summed E-state index contributed by atoms with van der Waals surface area (Å²) >= 11 is 6.60. The number of fused-ring (bicyclic) bond motifs is 2. The molecular weight excluding hydrogens is 480 g/mol. The number of pyridine rings is 1. The van der Waals surface area contributed by atoms with Gasteiger partial charge in [0.25, 0.3) is 5.79 Å². The third-order valence-corrected chi connectivity index (χ3v) is 6.60. The summed E-state index contributed by atoms with van der Waals surface area (Å²) in [6.45, 7) is 1.98. The maximum absolute atomic E-state index is 12.3. The first kappa shape index (κ1) is 24.1. The molecule has 8 nitrogen and oxygen atoms in total. The summed E-state index contributed by atoms with van der Waals surface area (Å²) in [7, 11) is 0. The van der Waals surface area contributed by atoms with E-state index in [2.05, 4.69) is 33.1 Å².